The molecule has 1 aromatic carbocycles. The topological polar surface area (TPSA) is 99.8 Å². The first-order valence-corrected chi connectivity index (χ1v) is 8.25. The summed E-state index contributed by atoms with van der Waals surface area (Å²) in [6.07, 6.45) is 2.84. The van der Waals surface area contributed by atoms with Crippen LogP contribution in [-0.4, -0.2) is 39.4 Å². The predicted molar refractivity (Wildman–Crippen MR) is 102 cm³/mol. The third kappa shape index (κ3) is 3.70. The van der Waals surface area contributed by atoms with Gasteiger partial charge in [0.2, 0.25) is 0 Å². The van der Waals surface area contributed by atoms with Crippen LogP contribution in [0.25, 0.3) is 17.4 Å². The number of furan rings is 1. The molecule has 0 spiro atoms. The number of rotatable bonds is 5. The van der Waals surface area contributed by atoms with E-state index < -0.39 is 17.8 Å². The van der Waals surface area contributed by atoms with Crippen LogP contribution in [0, 0.1) is 0 Å². The lowest BCUT2D eigenvalue weighted by Gasteiger charge is -2.27. The van der Waals surface area contributed by atoms with Crippen molar-refractivity contribution >= 4 is 41.2 Å². The first kappa shape index (κ1) is 18.3. The Morgan fingerprint density at radius 1 is 1.22 bits per heavy atom. The van der Waals surface area contributed by atoms with E-state index in [4.69, 9.17) is 21.7 Å². The number of carboxylic acid groups (broad SMARTS) is 1. The highest BCUT2D eigenvalue weighted by Gasteiger charge is 2.32. The molecule has 1 aliphatic rings. The number of carboxylic acids is 1. The van der Waals surface area contributed by atoms with Crippen molar-refractivity contribution in [3.05, 3.63) is 65.9 Å². The molecule has 2 amide bonds. The Bertz CT molecular complexity index is 988. The quantitative estimate of drug-likeness (QED) is 0.357. The molecule has 7 nitrogen and oxygen atoms in total. The molecular weight excluding hydrogens is 368 g/mol. The molecular formula is C19H14N2O5S. The molecule has 27 heavy (non-hydrogen) atoms. The van der Waals surface area contributed by atoms with Gasteiger partial charge in [0, 0.05) is 12.1 Å². The molecule has 0 radical (unpaired) electrons. The predicted octanol–water partition coefficient (Wildman–Crippen LogP) is 2.46. The van der Waals surface area contributed by atoms with Crippen LogP contribution in [0.5, 0.6) is 0 Å². The van der Waals surface area contributed by atoms with E-state index in [9.17, 15) is 14.4 Å². The van der Waals surface area contributed by atoms with Gasteiger partial charge in [0.15, 0.2) is 5.11 Å². The monoisotopic (exact) mass is 382 g/mol. The zero-order valence-electron chi connectivity index (χ0n) is 14.0. The van der Waals surface area contributed by atoms with E-state index in [1.807, 2.05) is 0 Å². The maximum Gasteiger partial charge on any atom is 0.335 e. The van der Waals surface area contributed by atoms with E-state index in [1.54, 1.807) is 24.3 Å². The van der Waals surface area contributed by atoms with Gasteiger partial charge in [-0.15, -0.1) is 6.58 Å². The highest BCUT2D eigenvalue weighted by molar-refractivity contribution is 7.80. The Kier molecular flexibility index (Phi) is 5.00. The Balaban J connectivity index is 1.88. The lowest BCUT2D eigenvalue weighted by Crippen LogP contribution is -2.53. The van der Waals surface area contributed by atoms with Crippen LogP contribution >= 0.6 is 12.2 Å². The van der Waals surface area contributed by atoms with Crippen LogP contribution in [0.3, 0.4) is 0 Å². The van der Waals surface area contributed by atoms with Crippen LogP contribution in [0.4, 0.5) is 0 Å². The molecule has 0 saturated carbocycles. The first-order chi connectivity index (χ1) is 12.9. The zero-order chi connectivity index (χ0) is 19.6. The van der Waals surface area contributed by atoms with Gasteiger partial charge in [0.25, 0.3) is 11.8 Å². The van der Waals surface area contributed by atoms with Gasteiger partial charge in [0.05, 0.1) is 5.56 Å². The van der Waals surface area contributed by atoms with Gasteiger partial charge in [-0.3, -0.25) is 19.8 Å². The van der Waals surface area contributed by atoms with E-state index in [0.717, 1.165) is 0 Å². The summed E-state index contributed by atoms with van der Waals surface area (Å²) in [6.45, 7) is 3.74. The summed E-state index contributed by atoms with van der Waals surface area (Å²) in [7, 11) is 0. The van der Waals surface area contributed by atoms with Crippen molar-refractivity contribution in [3.8, 4) is 11.3 Å². The van der Waals surface area contributed by atoms with Gasteiger partial charge in [-0.05, 0) is 42.6 Å². The second-order valence-electron chi connectivity index (χ2n) is 5.61. The second-order valence-corrected chi connectivity index (χ2v) is 5.99. The minimum Gasteiger partial charge on any atom is -0.478 e. The summed E-state index contributed by atoms with van der Waals surface area (Å²) in [6, 6.07) is 9.43. The molecule has 2 aromatic rings. The largest absolute Gasteiger partial charge is 0.478 e. The van der Waals surface area contributed by atoms with Crippen molar-refractivity contribution in [1.82, 2.24) is 10.2 Å². The zero-order valence-corrected chi connectivity index (χ0v) is 14.8. The Labute approximate surface area is 159 Å². The summed E-state index contributed by atoms with van der Waals surface area (Å²) in [5.41, 5.74) is 0.724. The third-order valence-corrected chi connectivity index (χ3v) is 4.15. The number of hydrogen-bond acceptors (Lipinski definition) is 5. The fourth-order valence-corrected chi connectivity index (χ4v) is 2.74. The maximum absolute atomic E-state index is 12.5. The van der Waals surface area contributed by atoms with E-state index in [1.165, 1.54) is 29.2 Å². The molecule has 0 bridgehead atoms. The molecule has 2 N–H and O–H groups in total. The van der Waals surface area contributed by atoms with Crippen molar-refractivity contribution in [1.29, 1.82) is 0 Å². The van der Waals surface area contributed by atoms with Crippen LogP contribution < -0.4 is 5.32 Å². The van der Waals surface area contributed by atoms with Crippen LogP contribution in [-0.2, 0) is 9.59 Å². The summed E-state index contributed by atoms with van der Waals surface area (Å²) in [4.78, 5) is 36.7. The Morgan fingerprint density at radius 2 is 1.93 bits per heavy atom. The molecule has 3 rings (SSSR count). The van der Waals surface area contributed by atoms with Gasteiger partial charge in [-0.25, -0.2) is 4.79 Å². The molecule has 1 saturated heterocycles. The van der Waals surface area contributed by atoms with E-state index >= 15 is 0 Å². The van der Waals surface area contributed by atoms with Crippen molar-refractivity contribution in [2.24, 2.45) is 0 Å². The van der Waals surface area contributed by atoms with Gasteiger partial charge in [-0.1, -0.05) is 18.2 Å². The van der Waals surface area contributed by atoms with E-state index in [2.05, 4.69) is 11.9 Å². The fraction of sp³-hybridized carbons (Fsp3) is 0.0526. The normalized spacial score (nSPS) is 15.8. The fourth-order valence-electron chi connectivity index (χ4n) is 2.49. The number of carbonyl (C=O) groups is 3. The molecule has 1 aliphatic heterocycles. The number of hydrogen-bond donors (Lipinski definition) is 2. The minimum atomic E-state index is -1.02. The van der Waals surface area contributed by atoms with Crippen molar-refractivity contribution in [2.75, 3.05) is 6.54 Å². The van der Waals surface area contributed by atoms with Gasteiger partial charge in [-0.2, -0.15) is 0 Å². The molecule has 0 atom stereocenters. The summed E-state index contributed by atoms with van der Waals surface area (Å²) in [5.74, 6) is -1.38. The van der Waals surface area contributed by atoms with Crippen molar-refractivity contribution in [3.63, 3.8) is 0 Å². The maximum atomic E-state index is 12.5. The number of nitrogens with zero attached hydrogens (tertiary/aromatic N) is 1. The SMILES string of the molecule is C=CCN1C(=O)/C(=C/c2ccc(-c3ccc(C(=O)O)cc3)o2)C(=O)NC1=S. The lowest BCUT2D eigenvalue weighted by molar-refractivity contribution is -0.128. The number of benzene rings is 1. The summed E-state index contributed by atoms with van der Waals surface area (Å²) >= 11 is 4.99. The molecule has 1 aromatic heterocycles. The highest BCUT2D eigenvalue weighted by Crippen LogP contribution is 2.24. The number of aromatic carboxylic acids is 1. The number of nitrogens with one attached hydrogen (secondary N) is 1. The summed E-state index contributed by atoms with van der Waals surface area (Å²) < 4.78 is 5.66. The van der Waals surface area contributed by atoms with E-state index in [-0.39, 0.29) is 22.8 Å². The van der Waals surface area contributed by atoms with Crippen LogP contribution in [0.2, 0.25) is 0 Å². The minimum absolute atomic E-state index is 0.0284. The smallest absolute Gasteiger partial charge is 0.335 e. The first-order valence-electron chi connectivity index (χ1n) is 7.84. The Morgan fingerprint density at radius 3 is 2.56 bits per heavy atom. The molecule has 0 unspecified atom stereocenters. The molecule has 8 heteroatoms. The van der Waals surface area contributed by atoms with Crippen molar-refractivity contribution < 1.29 is 23.9 Å². The van der Waals surface area contributed by atoms with Gasteiger partial charge >= 0.3 is 5.97 Å². The van der Waals surface area contributed by atoms with Crippen LogP contribution in [0.1, 0.15) is 16.1 Å². The third-order valence-electron chi connectivity index (χ3n) is 3.83. The molecule has 0 aliphatic carbocycles. The number of carbonyl (C=O) groups excluding carboxylic acids is 2. The lowest BCUT2D eigenvalue weighted by atomic mass is 10.1. The average Bonchev–Trinajstić information content (AvgIpc) is 3.11. The Hall–Kier alpha value is -3.52. The molecule has 136 valence electrons. The standard InChI is InChI=1S/C19H14N2O5S/c1-2-9-21-17(23)14(16(22)20-19(21)27)10-13-7-8-15(26-13)11-3-5-12(6-4-11)18(24)25/h2-8,10H,1,9H2,(H,24,25)(H,20,22,27)/b14-10+. The molecule has 2 heterocycles. The number of amides is 2. The molecule has 1 fully saturated rings. The average molecular weight is 382 g/mol. The number of thiocarbonyl (C=S) groups is 1. The second kappa shape index (κ2) is 7.38. The summed E-state index contributed by atoms with van der Waals surface area (Å²) in [5, 5.41) is 11.4. The van der Waals surface area contributed by atoms with Gasteiger partial charge < -0.3 is 9.52 Å². The van der Waals surface area contributed by atoms with E-state index in [0.29, 0.717) is 17.1 Å². The highest BCUT2D eigenvalue weighted by atomic mass is 32.1. The van der Waals surface area contributed by atoms with Crippen LogP contribution in [0.15, 0.2) is 59.0 Å². The van der Waals surface area contributed by atoms with Crippen molar-refractivity contribution in [2.45, 2.75) is 0 Å². The van der Waals surface area contributed by atoms with Gasteiger partial charge in [0.1, 0.15) is 17.1 Å².